The summed E-state index contributed by atoms with van der Waals surface area (Å²) in [5.74, 6) is -1.46. The van der Waals surface area contributed by atoms with Crippen LogP contribution in [0.1, 0.15) is 48.0 Å². The molecule has 0 saturated heterocycles. The van der Waals surface area contributed by atoms with Gasteiger partial charge in [-0.1, -0.05) is 163 Å². The van der Waals surface area contributed by atoms with Crippen LogP contribution >= 0.6 is 0 Å². The molecule has 0 spiro atoms. The maximum Gasteiger partial charge on any atom is 0.323 e. The van der Waals surface area contributed by atoms with Gasteiger partial charge in [-0.3, -0.25) is 9.59 Å². The van der Waals surface area contributed by atoms with Crippen LogP contribution in [0.3, 0.4) is 0 Å². The maximum atomic E-state index is 13.8. The Bertz CT molecular complexity index is 1420. The Morgan fingerprint density at radius 1 is 0.558 bits per heavy atom. The van der Waals surface area contributed by atoms with Crippen molar-refractivity contribution in [3.8, 4) is 0 Å². The van der Waals surface area contributed by atoms with Crippen molar-refractivity contribution in [3.63, 3.8) is 0 Å². The van der Waals surface area contributed by atoms with Gasteiger partial charge in [0.25, 0.3) is 5.97 Å². The van der Waals surface area contributed by atoms with E-state index in [2.05, 4.69) is 41.5 Å². The lowest BCUT2D eigenvalue weighted by atomic mass is 10.2. The topological polar surface area (TPSA) is 72.8 Å². The van der Waals surface area contributed by atoms with Crippen LogP contribution < -0.4 is 20.7 Å². The Hall–Kier alpha value is -3.79. The molecule has 5 nitrogen and oxygen atoms in total. The fraction of sp³-hybridized carbons (Fsp3) is 0.278. The van der Waals surface area contributed by atoms with Crippen LogP contribution in [0.15, 0.2) is 121 Å². The van der Waals surface area contributed by atoms with Crippen LogP contribution in [-0.2, 0) is 18.4 Å². The molecule has 1 unspecified atom stereocenters. The van der Waals surface area contributed by atoms with E-state index in [4.69, 9.17) is 8.85 Å². The maximum absolute atomic E-state index is 13.8. The monoisotopic (exact) mass is 610 g/mol. The van der Waals surface area contributed by atoms with E-state index >= 15 is 0 Å². The molecule has 0 fully saturated rings. The van der Waals surface area contributed by atoms with Crippen LogP contribution in [-0.4, -0.2) is 39.8 Å². The van der Waals surface area contributed by atoms with Crippen LogP contribution in [0.2, 0.25) is 10.1 Å². The van der Waals surface area contributed by atoms with Gasteiger partial charge in [0.1, 0.15) is 0 Å². The number of hydrogen-bond acceptors (Lipinski definition) is 5. The van der Waals surface area contributed by atoms with Gasteiger partial charge in [-0.25, -0.2) is 0 Å². The Morgan fingerprint density at radius 3 is 1.12 bits per heavy atom. The summed E-state index contributed by atoms with van der Waals surface area (Å²) in [4.78, 5) is 27.5. The van der Waals surface area contributed by atoms with E-state index in [-0.39, 0.29) is 0 Å². The van der Waals surface area contributed by atoms with E-state index in [9.17, 15) is 14.7 Å². The van der Waals surface area contributed by atoms with Crippen molar-refractivity contribution < 1.29 is 23.5 Å². The molecule has 0 saturated carbocycles. The van der Waals surface area contributed by atoms with Crippen LogP contribution in [0.4, 0.5) is 0 Å². The third-order valence-electron chi connectivity index (χ3n) is 7.99. The number of carbonyl (C=O) groups excluding carboxylic acids is 2. The van der Waals surface area contributed by atoms with E-state index in [1.165, 1.54) is 0 Å². The molecule has 0 bridgehead atoms. The number of benzene rings is 4. The smallest absolute Gasteiger partial charge is 0.323 e. The predicted octanol–water partition coefficient (Wildman–Crippen LogP) is 4.94. The second kappa shape index (κ2) is 12.8. The molecule has 0 aromatic heterocycles. The average Bonchev–Trinajstić information content (AvgIpc) is 2.99. The van der Waals surface area contributed by atoms with E-state index in [0.717, 1.165) is 20.7 Å². The SMILES string of the molecule is CC(C)(C)[Si](OC(=O)CC(O)C(=O)O[Si](c1ccccc1)(c1ccccc1)C(C)(C)C)(c1ccccc1)c1ccccc1. The minimum absolute atomic E-state index is 0.439. The highest BCUT2D eigenvalue weighted by molar-refractivity contribution is 7.01. The van der Waals surface area contributed by atoms with E-state index in [0.29, 0.717) is 0 Å². The molecule has 0 heterocycles. The summed E-state index contributed by atoms with van der Waals surface area (Å²) in [6.07, 6.45) is -2.20. The van der Waals surface area contributed by atoms with Crippen molar-refractivity contribution in [1.82, 2.24) is 0 Å². The van der Waals surface area contributed by atoms with Gasteiger partial charge in [0.2, 0.25) is 0 Å². The lowest BCUT2D eigenvalue weighted by Gasteiger charge is -2.43. The first-order chi connectivity index (χ1) is 20.3. The fourth-order valence-electron chi connectivity index (χ4n) is 5.97. The molecule has 1 N–H and O–H groups in total. The molecule has 0 amide bonds. The van der Waals surface area contributed by atoms with E-state index in [1.807, 2.05) is 121 Å². The first-order valence-electron chi connectivity index (χ1n) is 14.7. The molecular formula is C36H42O5Si2. The van der Waals surface area contributed by atoms with Crippen molar-refractivity contribution in [1.29, 1.82) is 0 Å². The standard InChI is InChI=1S/C36H42O5Si2/c1-35(2,3)42(28-19-11-7-12-20-28,29-21-13-8-14-22-29)40-33(38)27-32(37)34(39)41-43(36(4,5)6,30-23-15-9-16-24-30)31-25-17-10-18-26-31/h7-26,32,37H,27H2,1-6H3. The largest absolute Gasteiger partial charge is 0.509 e. The minimum Gasteiger partial charge on any atom is -0.509 e. The van der Waals surface area contributed by atoms with Gasteiger partial charge >= 0.3 is 22.6 Å². The van der Waals surface area contributed by atoms with Gasteiger partial charge in [-0.05, 0) is 30.8 Å². The second-order valence-corrected chi connectivity index (χ2v) is 21.4. The third kappa shape index (κ3) is 6.44. The molecule has 1 atom stereocenters. The number of aliphatic hydroxyl groups is 1. The quantitative estimate of drug-likeness (QED) is 0.272. The first-order valence-corrected chi connectivity index (χ1v) is 18.5. The number of aliphatic hydroxyl groups excluding tert-OH is 1. The van der Waals surface area contributed by atoms with Gasteiger partial charge in [-0.15, -0.1) is 0 Å². The highest BCUT2D eigenvalue weighted by Gasteiger charge is 2.55. The molecule has 4 aromatic carbocycles. The van der Waals surface area contributed by atoms with Crippen molar-refractivity contribution in [2.75, 3.05) is 0 Å². The zero-order valence-corrected chi connectivity index (χ0v) is 27.9. The Kier molecular flexibility index (Phi) is 9.59. The number of hydrogen-bond donors (Lipinski definition) is 1. The van der Waals surface area contributed by atoms with Crippen LogP contribution in [0.5, 0.6) is 0 Å². The Labute approximate surface area is 257 Å². The summed E-state index contributed by atoms with van der Waals surface area (Å²) in [6.45, 7) is 12.4. The molecule has 4 aromatic rings. The Morgan fingerprint density at radius 2 is 0.837 bits per heavy atom. The summed E-state index contributed by atoms with van der Waals surface area (Å²) in [5.41, 5.74) is 0. The number of carbonyl (C=O) groups is 2. The Balaban J connectivity index is 1.68. The molecule has 43 heavy (non-hydrogen) atoms. The molecule has 224 valence electrons. The van der Waals surface area contributed by atoms with Gasteiger partial charge < -0.3 is 14.0 Å². The molecule has 0 aliphatic rings. The van der Waals surface area contributed by atoms with E-state index < -0.39 is 51.2 Å². The highest BCUT2D eigenvalue weighted by atomic mass is 28.4. The van der Waals surface area contributed by atoms with Crippen molar-refractivity contribution >= 4 is 49.3 Å². The van der Waals surface area contributed by atoms with Crippen LogP contribution in [0.25, 0.3) is 0 Å². The summed E-state index contributed by atoms with van der Waals surface area (Å²) in [6, 6.07) is 39.0. The second-order valence-electron chi connectivity index (χ2n) is 12.9. The van der Waals surface area contributed by atoms with Gasteiger partial charge in [-0.2, -0.15) is 0 Å². The molecular weight excluding hydrogens is 569 g/mol. The third-order valence-corrected chi connectivity index (χ3v) is 17.8. The summed E-state index contributed by atoms with van der Waals surface area (Å²) in [5, 5.41) is 14.0. The fourth-order valence-corrected chi connectivity index (χ4v) is 14.7. The van der Waals surface area contributed by atoms with Crippen LogP contribution in [0, 0.1) is 0 Å². The lowest BCUT2D eigenvalue weighted by molar-refractivity contribution is -0.150. The predicted molar refractivity (Wildman–Crippen MR) is 178 cm³/mol. The minimum atomic E-state index is -3.26. The summed E-state index contributed by atoms with van der Waals surface area (Å²) < 4.78 is 13.0. The van der Waals surface area contributed by atoms with Crippen molar-refractivity contribution in [2.24, 2.45) is 0 Å². The number of rotatable bonds is 9. The van der Waals surface area contributed by atoms with Crippen molar-refractivity contribution in [2.45, 2.75) is 64.1 Å². The molecule has 0 aliphatic heterocycles. The van der Waals surface area contributed by atoms with Crippen molar-refractivity contribution in [3.05, 3.63) is 121 Å². The molecule has 4 rings (SSSR count). The zero-order valence-electron chi connectivity index (χ0n) is 25.9. The summed E-state index contributed by atoms with van der Waals surface area (Å²) >= 11 is 0. The zero-order chi connectivity index (χ0) is 31.3. The normalized spacial score (nSPS) is 13.2. The molecule has 0 aliphatic carbocycles. The molecule has 0 radical (unpaired) electrons. The first kappa shape index (κ1) is 32.1. The lowest BCUT2D eigenvalue weighted by Crippen LogP contribution is -2.68. The van der Waals surface area contributed by atoms with Gasteiger partial charge in [0.15, 0.2) is 6.10 Å². The van der Waals surface area contributed by atoms with E-state index in [1.54, 1.807) is 0 Å². The highest BCUT2D eigenvalue weighted by Crippen LogP contribution is 2.38. The average molecular weight is 611 g/mol. The van der Waals surface area contributed by atoms with Gasteiger partial charge in [0, 0.05) is 0 Å². The molecule has 7 heteroatoms. The van der Waals surface area contributed by atoms with Gasteiger partial charge in [0.05, 0.1) is 6.42 Å². The summed E-state index contributed by atoms with van der Waals surface area (Å²) in [7, 11) is -6.46.